The summed E-state index contributed by atoms with van der Waals surface area (Å²) < 4.78 is 5.47. The Morgan fingerprint density at radius 3 is 2.31 bits per heavy atom. The molecule has 0 spiro atoms. The zero-order chi connectivity index (χ0) is 12.6. The average Bonchev–Trinajstić information content (AvgIpc) is 2.23. The van der Waals surface area contributed by atoms with E-state index in [1.807, 2.05) is 27.7 Å². The van der Waals surface area contributed by atoms with Gasteiger partial charge in [0.2, 0.25) is 0 Å². The van der Waals surface area contributed by atoms with Crippen LogP contribution in [0.2, 0.25) is 0 Å². The fourth-order valence-corrected chi connectivity index (χ4v) is 1.44. The number of ether oxygens (including phenoxy) is 1. The third-order valence-electron chi connectivity index (χ3n) is 3.12. The molecular formula is C14H28O2. The van der Waals surface area contributed by atoms with Crippen molar-refractivity contribution in [1.82, 2.24) is 0 Å². The van der Waals surface area contributed by atoms with Gasteiger partial charge in [-0.3, -0.25) is 4.79 Å². The van der Waals surface area contributed by atoms with Crippen molar-refractivity contribution in [2.24, 2.45) is 5.92 Å². The molecular weight excluding hydrogens is 200 g/mol. The molecule has 0 aromatic heterocycles. The summed E-state index contributed by atoms with van der Waals surface area (Å²) in [4.78, 5) is 11.8. The molecule has 0 saturated carbocycles. The van der Waals surface area contributed by atoms with Gasteiger partial charge in [0, 0.05) is 0 Å². The molecule has 0 aliphatic heterocycles. The van der Waals surface area contributed by atoms with Crippen LogP contribution in [-0.4, -0.2) is 11.6 Å². The normalized spacial score (nSPS) is 13.6. The molecule has 0 aromatic rings. The summed E-state index contributed by atoms with van der Waals surface area (Å²) in [5.74, 6) is 0.00558. The Balaban J connectivity index is 3.82. The van der Waals surface area contributed by atoms with E-state index in [1.165, 1.54) is 19.3 Å². The summed E-state index contributed by atoms with van der Waals surface area (Å²) in [6.45, 7) is 10.1. The first-order valence-electron chi connectivity index (χ1n) is 6.65. The van der Waals surface area contributed by atoms with Gasteiger partial charge in [0.05, 0.1) is 5.92 Å². The molecule has 0 heterocycles. The number of unbranched alkanes of at least 4 members (excludes halogenated alkanes) is 3. The molecule has 2 nitrogen and oxygen atoms in total. The highest BCUT2D eigenvalue weighted by Gasteiger charge is 2.23. The predicted octanol–water partition coefficient (Wildman–Crippen LogP) is 4.32. The third-order valence-corrected chi connectivity index (χ3v) is 3.12. The third kappa shape index (κ3) is 6.86. The Labute approximate surface area is 101 Å². The molecule has 0 amide bonds. The maximum atomic E-state index is 11.8. The second-order valence-corrected chi connectivity index (χ2v) is 5.28. The highest BCUT2D eigenvalue weighted by atomic mass is 16.6. The van der Waals surface area contributed by atoms with Crippen molar-refractivity contribution < 1.29 is 9.53 Å². The molecule has 0 aliphatic rings. The molecule has 2 heteroatoms. The van der Waals surface area contributed by atoms with Gasteiger partial charge < -0.3 is 4.74 Å². The van der Waals surface area contributed by atoms with Gasteiger partial charge in [-0.2, -0.15) is 0 Å². The topological polar surface area (TPSA) is 26.3 Å². The minimum Gasteiger partial charge on any atom is -0.459 e. The first-order chi connectivity index (χ1) is 7.43. The first kappa shape index (κ1) is 15.5. The van der Waals surface area contributed by atoms with Crippen molar-refractivity contribution >= 4 is 5.97 Å². The molecule has 0 aromatic carbocycles. The van der Waals surface area contributed by atoms with E-state index in [2.05, 4.69) is 6.92 Å². The number of hydrogen-bond acceptors (Lipinski definition) is 2. The van der Waals surface area contributed by atoms with Crippen molar-refractivity contribution in [2.45, 2.75) is 78.7 Å². The lowest BCUT2D eigenvalue weighted by Crippen LogP contribution is -2.30. The lowest BCUT2D eigenvalue weighted by Gasteiger charge is -2.25. The molecule has 0 N–H and O–H groups in total. The van der Waals surface area contributed by atoms with Crippen LogP contribution in [0.3, 0.4) is 0 Å². The van der Waals surface area contributed by atoms with Crippen LogP contribution in [0.4, 0.5) is 0 Å². The Hall–Kier alpha value is -0.530. The summed E-state index contributed by atoms with van der Waals surface area (Å²) in [5, 5.41) is 0. The van der Waals surface area contributed by atoms with E-state index in [-0.39, 0.29) is 17.5 Å². The van der Waals surface area contributed by atoms with Crippen LogP contribution in [0.15, 0.2) is 0 Å². The van der Waals surface area contributed by atoms with Crippen molar-refractivity contribution in [2.75, 3.05) is 0 Å². The van der Waals surface area contributed by atoms with E-state index in [1.54, 1.807) is 0 Å². The zero-order valence-electron chi connectivity index (χ0n) is 11.6. The van der Waals surface area contributed by atoms with Crippen molar-refractivity contribution in [3.05, 3.63) is 0 Å². The summed E-state index contributed by atoms with van der Waals surface area (Å²) in [6.07, 6.45) is 6.69. The summed E-state index contributed by atoms with van der Waals surface area (Å²) in [7, 11) is 0. The van der Waals surface area contributed by atoms with Crippen LogP contribution in [0.5, 0.6) is 0 Å². The largest absolute Gasteiger partial charge is 0.459 e. The highest BCUT2D eigenvalue weighted by Crippen LogP contribution is 2.19. The van der Waals surface area contributed by atoms with E-state index in [4.69, 9.17) is 4.74 Å². The lowest BCUT2D eigenvalue weighted by atomic mass is 10.0. The second-order valence-electron chi connectivity index (χ2n) is 5.28. The monoisotopic (exact) mass is 228 g/mol. The van der Waals surface area contributed by atoms with Crippen molar-refractivity contribution in [3.63, 3.8) is 0 Å². The van der Waals surface area contributed by atoms with Crippen LogP contribution in [-0.2, 0) is 9.53 Å². The van der Waals surface area contributed by atoms with Crippen LogP contribution in [0, 0.1) is 5.92 Å². The van der Waals surface area contributed by atoms with Crippen molar-refractivity contribution in [1.29, 1.82) is 0 Å². The van der Waals surface area contributed by atoms with Crippen molar-refractivity contribution in [3.8, 4) is 0 Å². The SMILES string of the molecule is CCCCCCC(C)C(=O)OC(C)(C)CC. The van der Waals surface area contributed by atoms with E-state index in [0.29, 0.717) is 0 Å². The van der Waals surface area contributed by atoms with Gasteiger partial charge in [0.15, 0.2) is 0 Å². The van der Waals surface area contributed by atoms with Gasteiger partial charge in [0.1, 0.15) is 5.60 Å². The maximum Gasteiger partial charge on any atom is 0.309 e. The van der Waals surface area contributed by atoms with Gasteiger partial charge >= 0.3 is 5.97 Å². The average molecular weight is 228 g/mol. The molecule has 0 rings (SSSR count). The quantitative estimate of drug-likeness (QED) is 0.456. The molecule has 0 radical (unpaired) electrons. The van der Waals surface area contributed by atoms with Gasteiger partial charge in [-0.1, -0.05) is 46.5 Å². The molecule has 0 fully saturated rings. The van der Waals surface area contributed by atoms with Gasteiger partial charge in [0.25, 0.3) is 0 Å². The zero-order valence-corrected chi connectivity index (χ0v) is 11.6. The highest BCUT2D eigenvalue weighted by molar-refractivity contribution is 5.72. The smallest absolute Gasteiger partial charge is 0.309 e. The standard InChI is InChI=1S/C14H28O2/c1-6-8-9-10-11-12(3)13(15)16-14(4,5)7-2/h12H,6-11H2,1-5H3. The number of carbonyl (C=O) groups excluding carboxylic acids is 1. The minimum atomic E-state index is -0.311. The maximum absolute atomic E-state index is 11.8. The fourth-order valence-electron chi connectivity index (χ4n) is 1.44. The van der Waals surface area contributed by atoms with Gasteiger partial charge in [-0.05, 0) is 26.7 Å². The van der Waals surface area contributed by atoms with E-state index >= 15 is 0 Å². The Kier molecular flexibility index (Phi) is 7.44. The first-order valence-corrected chi connectivity index (χ1v) is 6.65. The van der Waals surface area contributed by atoms with Crippen LogP contribution < -0.4 is 0 Å². The van der Waals surface area contributed by atoms with Crippen LogP contribution in [0.25, 0.3) is 0 Å². The van der Waals surface area contributed by atoms with Crippen LogP contribution >= 0.6 is 0 Å². The molecule has 0 bridgehead atoms. The molecule has 0 aliphatic carbocycles. The van der Waals surface area contributed by atoms with Gasteiger partial charge in [-0.25, -0.2) is 0 Å². The van der Waals surface area contributed by atoms with Gasteiger partial charge in [-0.15, -0.1) is 0 Å². The number of rotatable bonds is 8. The minimum absolute atomic E-state index is 0.0386. The summed E-state index contributed by atoms with van der Waals surface area (Å²) in [5.41, 5.74) is -0.311. The number of esters is 1. The van der Waals surface area contributed by atoms with E-state index < -0.39 is 0 Å². The van der Waals surface area contributed by atoms with Crippen LogP contribution in [0.1, 0.15) is 73.1 Å². The fraction of sp³-hybridized carbons (Fsp3) is 0.929. The predicted molar refractivity (Wildman–Crippen MR) is 68.4 cm³/mol. The second kappa shape index (κ2) is 7.70. The molecule has 1 atom stereocenters. The molecule has 1 unspecified atom stereocenters. The number of carbonyl (C=O) groups is 1. The molecule has 16 heavy (non-hydrogen) atoms. The Bertz CT molecular complexity index is 197. The summed E-state index contributed by atoms with van der Waals surface area (Å²) in [6, 6.07) is 0. The molecule has 0 saturated heterocycles. The Morgan fingerprint density at radius 1 is 1.19 bits per heavy atom. The van der Waals surface area contributed by atoms with E-state index in [9.17, 15) is 4.79 Å². The summed E-state index contributed by atoms with van der Waals surface area (Å²) >= 11 is 0. The Morgan fingerprint density at radius 2 is 1.81 bits per heavy atom. The lowest BCUT2D eigenvalue weighted by molar-refractivity contribution is -0.161. The molecule has 96 valence electrons. The van der Waals surface area contributed by atoms with E-state index in [0.717, 1.165) is 19.3 Å². The number of hydrogen-bond donors (Lipinski definition) is 0.